The van der Waals surface area contributed by atoms with E-state index in [1.165, 1.54) is 55.5 Å². The minimum Gasteiger partial charge on any atom is -0.350 e. The molecule has 2 amide bonds. The van der Waals surface area contributed by atoms with E-state index in [4.69, 9.17) is 11.6 Å². The first-order valence-electron chi connectivity index (χ1n) is 13.1. The molecule has 0 aliphatic carbocycles. The number of hydrogen-bond acceptors (Lipinski definition) is 4. The van der Waals surface area contributed by atoms with Gasteiger partial charge in [-0.2, -0.15) is 13.2 Å². The van der Waals surface area contributed by atoms with Crippen molar-refractivity contribution in [2.45, 2.75) is 63.8 Å². The van der Waals surface area contributed by atoms with Crippen LogP contribution in [0.25, 0.3) is 0 Å². The van der Waals surface area contributed by atoms with E-state index in [-0.39, 0.29) is 10.5 Å². The summed E-state index contributed by atoms with van der Waals surface area (Å²) in [5, 5.41) is 2.07. The molecule has 1 atom stereocenters. The molecule has 0 aliphatic rings. The predicted octanol–water partition coefficient (Wildman–Crippen LogP) is 6.33. The van der Waals surface area contributed by atoms with Gasteiger partial charge in [0.2, 0.25) is 11.8 Å². The Morgan fingerprint density at radius 3 is 2.14 bits per heavy atom. The van der Waals surface area contributed by atoms with Crippen LogP contribution in [0.2, 0.25) is 5.02 Å². The first-order valence-corrected chi connectivity index (χ1v) is 14.9. The molecule has 0 heterocycles. The summed E-state index contributed by atoms with van der Waals surface area (Å²) in [4.78, 5) is 27.7. The lowest BCUT2D eigenvalue weighted by atomic mass is 10.1. The number of amides is 2. The maximum absolute atomic E-state index is 14.6. The van der Waals surface area contributed by atoms with Crippen LogP contribution in [0.5, 0.6) is 0 Å². The number of carbonyl (C=O) groups is 2. The third-order valence-corrected chi connectivity index (χ3v) is 8.51. The highest BCUT2D eigenvalue weighted by Crippen LogP contribution is 2.38. The van der Waals surface area contributed by atoms with Crippen LogP contribution in [-0.2, 0) is 32.3 Å². The third kappa shape index (κ3) is 8.47. The molecule has 13 heteroatoms. The summed E-state index contributed by atoms with van der Waals surface area (Å²) in [5.41, 5.74) is -1.71. The van der Waals surface area contributed by atoms with Gasteiger partial charge < -0.3 is 10.2 Å². The molecule has 0 aromatic heterocycles. The van der Waals surface area contributed by atoms with Gasteiger partial charge in [0.25, 0.3) is 10.0 Å². The molecule has 0 fully saturated rings. The predicted molar refractivity (Wildman–Crippen MR) is 156 cm³/mol. The second kappa shape index (κ2) is 12.9. The molecule has 3 aromatic carbocycles. The maximum atomic E-state index is 14.6. The number of halogens is 5. The van der Waals surface area contributed by atoms with Crippen LogP contribution in [0.4, 0.5) is 23.2 Å². The lowest BCUT2D eigenvalue weighted by Crippen LogP contribution is -2.54. The van der Waals surface area contributed by atoms with Gasteiger partial charge in [0.1, 0.15) is 18.4 Å². The monoisotopic (exact) mass is 641 g/mol. The smallest absolute Gasteiger partial charge is 0.350 e. The minimum absolute atomic E-state index is 0.0463. The Bertz CT molecular complexity index is 1590. The lowest BCUT2D eigenvalue weighted by molar-refractivity contribution is -0.140. The van der Waals surface area contributed by atoms with E-state index in [1.807, 2.05) is 0 Å². The molecule has 43 heavy (non-hydrogen) atoms. The van der Waals surface area contributed by atoms with Crippen LogP contribution in [-0.4, -0.2) is 43.3 Å². The number of sulfonamides is 1. The Labute approximate surface area is 253 Å². The van der Waals surface area contributed by atoms with E-state index < -0.39 is 74.8 Å². The molecular weight excluding hydrogens is 610 g/mol. The van der Waals surface area contributed by atoms with Gasteiger partial charge in [-0.3, -0.25) is 13.9 Å². The van der Waals surface area contributed by atoms with Crippen molar-refractivity contribution in [3.05, 3.63) is 94.3 Å². The van der Waals surface area contributed by atoms with Crippen LogP contribution in [0.3, 0.4) is 0 Å². The van der Waals surface area contributed by atoms with Crippen LogP contribution >= 0.6 is 11.6 Å². The first kappa shape index (κ1) is 33.9. The minimum atomic E-state index is -4.92. The number of alkyl halides is 3. The average molecular weight is 642 g/mol. The van der Waals surface area contributed by atoms with Crippen molar-refractivity contribution in [2.75, 3.05) is 10.8 Å². The first-order chi connectivity index (χ1) is 19.8. The molecule has 3 aromatic rings. The normalized spacial score (nSPS) is 12.9. The molecule has 7 nitrogen and oxygen atoms in total. The van der Waals surface area contributed by atoms with Crippen LogP contribution < -0.4 is 9.62 Å². The van der Waals surface area contributed by atoms with Gasteiger partial charge in [0.15, 0.2) is 0 Å². The Hall–Kier alpha value is -3.64. The number of anilines is 1. The second-order valence-electron chi connectivity index (χ2n) is 11.0. The van der Waals surface area contributed by atoms with Crippen LogP contribution in [0, 0.1) is 12.7 Å². The van der Waals surface area contributed by atoms with Crippen LogP contribution in [0.15, 0.2) is 71.6 Å². The van der Waals surface area contributed by atoms with Crippen molar-refractivity contribution >= 4 is 39.1 Å². The molecule has 0 spiro atoms. The highest BCUT2D eigenvalue weighted by Gasteiger charge is 2.37. The Morgan fingerprint density at radius 1 is 0.977 bits per heavy atom. The molecule has 1 N–H and O–H groups in total. The van der Waals surface area contributed by atoms with Crippen LogP contribution in [0.1, 0.15) is 44.4 Å². The highest BCUT2D eigenvalue weighted by molar-refractivity contribution is 7.92. The van der Waals surface area contributed by atoms with Gasteiger partial charge >= 0.3 is 6.18 Å². The molecule has 0 saturated carbocycles. The summed E-state index contributed by atoms with van der Waals surface area (Å²) in [6.45, 7) is 6.84. The topological polar surface area (TPSA) is 86.8 Å². The number of rotatable bonds is 9. The number of aryl methyl sites for hydroxylation is 1. The Kier molecular flexibility index (Phi) is 10.2. The summed E-state index contributed by atoms with van der Waals surface area (Å²) in [6.07, 6.45) is -4.92. The van der Waals surface area contributed by atoms with Gasteiger partial charge in [0, 0.05) is 17.6 Å². The lowest BCUT2D eigenvalue weighted by Gasteiger charge is -2.33. The zero-order chi connectivity index (χ0) is 32.3. The molecule has 232 valence electrons. The second-order valence-corrected chi connectivity index (χ2v) is 13.3. The number of hydrogen-bond donors (Lipinski definition) is 1. The quantitative estimate of drug-likeness (QED) is 0.277. The summed E-state index contributed by atoms with van der Waals surface area (Å²) in [5.74, 6) is -2.23. The van der Waals surface area contributed by atoms with Gasteiger partial charge in [0.05, 0.1) is 21.2 Å². The fourth-order valence-electron chi connectivity index (χ4n) is 4.12. The number of nitrogens with one attached hydrogen (secondary N) is 1. The van der Waals surface area contributed by atoms with E-state index in [1.54, 1.807) is 27.7 Å². The highest BCUT2D eigenvalue weighted by atomic mass is 35.5. The standard InChI is InChI=1S/C30H32ClF4N3O4S/c1-19-10-13-23(14-11-19)43(41,42)38(22-12-15-25(31)24(16-22)30(33,34)35)18-27(39)37(17-21-8-6-7-9-26(21)32)20(2)28(40)36-29(3,4)5/h6-16,20H,17-18H2,1-5H3,(H,36,40). The largest absolute Gasteiger partial charge is 0.417 e. The van der Waals surface area contributed by atoms with E-state index in [9.17, 15) is 35.6 Å². The van der Waals surface area contributed by atoms with Gasteiger partial charge in [-0.05, 0) is 71.0 Å². The van der Waals surface area contributed by atoms with E-state index in [0.29, 0.717) is 10.4 Å². The number of carbonyl (C=O) groups excluding carboxylic acids is 2. The Balaban J connectivity index is 2.14. The molecule has 3 rings (SSSR count). The SMILES string of the molecule is Cc1ccc(S(=O)(=O)N(CC(=O)N(Cc2ccccc2F)C(C)C(=O)NC(C)(C)C)c2ccc(Cl)c(C(F)(F)F)c2)cc1. The number of benzene rings is 3. The summed E-state index contributed by atoms with van der Waals surface area (Å²) >= 11 is 5.78. The molecule has 1 unspecified atom stereocenters. The van der Waals surface area contributed by atoms with Crippen molar-refractivity contribution in [3.63, 3.8) is 0 Å². The zero-order valence-corrected chi connectivity index (χ0v) is 25.7. The summed E-state index contributed by atoms with van der Waals surface area (Å²) in [7, 11) is -4.63. The van der Waals surface area contributed by atoms with Crippen molar-refractivity contribution < 1.29 is 35.6 Å². The summed E-state index contributed by atoms with van der Waals surface area (Å²) in [6, 6.07) is 12.3. The van der Waals surface area contributed by atoms with E-state index in [2.05, 4.69) is 5.32 Å². The van der Waals surface area contributed by atoms with Gasteiger partial charge in [-0.15, -0.1) is 0 Å². The Morgan fingerprint density at radius 2 is 1.58 bits per heavy atom. The molecule has 0 bridgehead atoms. The summed E-state index contributed by atoms with van der Waals surface area (Å²) < 4.78 is 84.1. The van der Waals surface area contributed by atoms with Crippen molar-refractivity contribution in [2.24, 2.45) is 0 Å². The maximum Gasteiger partial charge on any atom is 0.417 e. The van der Waals surface area contributed by atoms with Gasteiger partial charge in [-0.25, -0.2) is 12.8 Å². The van der Waals surface area contributed by atoms with E-state index in [0.717, 1.165) is 22.6 Å². The van der Waals surface area contributed by atoms with Gasteiger partial charge in [-0.1, -0.05) is 47.5 Å². The third-order valence-electron chi connectivity index (χ3n) is 6.40. The fraction of sp³-hybridized carbons (Fsp3) is 0.333. The molecule has 0 aliphatic heterocycles. The number of nitrogens with zero attached hydrogens (tertiary/aromatic N) is 2. The molecule has 0 saturated heterocycles. The van der Waals surface area contributed by atoms with Crippen molar-refractivity contribution in [3.8, 4) is 0 Å². The average Bonchev–Trinajstić information content (AvgIpc) is 2.89. The van der Waals surface area contributed by atoms with Crippen molar-refractivity contribution in [1.29, 1.82) is 0 Å². The zero-order valence-electron chi connectivity index (χ0n) is 24.2. The van der Waals surface area contributed by atoms with E-state index >= 15 is 0 Å². The van der Waals surface area contributed by atoms with Crippen molar-refractivity contribution in [1.82, 2.24) is 10.2 Å². The molecule has 0 radical (unpaired) electrons. The fourth-order valence-corrected chi connectivity index (χ4v) is 5.75. The molecular formula is C30H32ClF4N3O4S.